The Morgan fingerprint density at radius 3 is 2.35 bits per heavy atom. The van der Waals surface area contributed by atoms with Gasteiger partial charge in [0.1, 0.15) is 0 Å². The molecule has 1 aromatic heterocycles. The minimum Gasteiger partial charge on any atom is -0.332 e. The quantitative estimate of drug-likeness (QED) is 0.626. The average molecular weight is 358 g/mol. The topological polar surface area (TPSA) is 87.5 Å². The van der Waals surface area contributed by atoms with Gasteiger partial charge in [-0.05, 0) is 69.3 Å². The number of nitrogens with one attached hydrogen (secondary N) is 1. The molecule has 0 radical (unpaired) electrons. The fourth-order valence-electron chi connectivity index (χ4n) is 6.63. The third-order valence-electron chi connectivity index (χ3n) is 7.35. The summed E-state index contributed by atoms with van der Waals surface area (Å²) in [5, 5.41) is 13.1. The Hall–Kier alpha value is -1.89. The number of hydrogen-bond donors (Lipinski definition) is 2. The number of rotatable bonds is 2. The highest BCUT2D eigenvalue weighted by atomic mass is 16.5. The standard InChI is InChI=1S/C19H26N4O3/c1-11-16-7-15(17(24)21-26)20-23(16)3-2-22(11)18(25)19-8-12-4-13(9-19)6-14(5-12)10-19/h7,11-14,26H,2-6,8-10H2,1H3,(H,21,24). The van der Waals surface area contributed by atoms with E-state index in [1.807, 2.05) is 11.8 Å². The van der Waals surface area contributed by atoms with Crippen LogP contribution in [0.1, 0.15) is 67.7 Å². The van der Waals surface area contributed by atoms with Crippen molar-refractivity contribution in [1.82, 2.24) is 20.2 Å². The number of aromatic nitrogens is 2. The summed E-state index contributed by atoms with van der Waals surface area (Å²) >= 11 is 0. The van der Waals surface area contributed by atoms with Crippen molar-refractivity contribution in [2.45, 2.75) is 58.0 Å². The van der Waals surface area contributed by atoms with Crippen LogP contribution in [0.15, 0.2) is 6.07 Å². The lowest BCUT2D eigenvalue weighted by Gasteiger charge is -2.57. The Labute approximate surface area is 152 Å². The fraction of sp³-hybridized carbons (Fsp3) is 0.737. The largest absolute Gasteiger partial charge is 0.332 e. The molecule has 26 heavy (non-hydrogen) atoms. The minimum atomic E-state index is -0.613. The van der Waals surface area contributed by atoms with E-state index in [4.69, 9.17) is 5.21 Å². The Kier molecular flexibility index (Phi) is 3.48. The first-order valence-electron chi connectivity index (χ1n) is 9.82. The third kappa shape index (κ3) is 2.25. The van der Waals surface area contributed by atoms with Gasteiger partial charge >= 0.3 is 0 Å². The monoisotopic (exact) mass is 358 g/mol. The molecule has 1 atom stereocenters. The smallest absolute Gasteiger partial charge is 0.295 e. The molecule has 6 rings (SSSR count). The molecule has 4 bridgehead atoms. The van der Waals surface area contributed by atoms with Gasteiger partial charge in [-0.3, -0.25) is 19.5 Å². The summed E-state index contributed by atoms with van der Waals surface area (Å²) in [6.45, 7) is 3.25. The number of hydroxylamine groups is 1. The Morgan fingerprint density at radius 2 is 1.77 bits per heavy atom. The SMILES string of the molecule is CC1c2cc(C(=O)NO)nn2CCN1C(=O)C12CC3CC(CC(C3)C1)C2. The van der Waals surface area contributed by atoms with Gasteiger partial charge in [0.05, 0.1) is 23.7 Å². The molecular weight excluding hydrogens is 332 g/mol. The maximum Gasteiger partial charge on any atom is 0.295 e. The number of hydrogen-bond acceptors (Lipinski definition) is 4. The maximum absolute atomic E-state index is 13.6. The van der Waals surface area contributed by atoms with Crippen LogP contribution >= 0.6 is 0 Å². The number of nitrogens with zero attached hydrogens (tertiary/aromatic N) is 3. The van der Waals surface area contributed by atoms with Crippen molar-refractivity contribution in [2.75, 3.05) is 6.54 Å². The lowest BCUT2D eigenvalue weighted by molar-refractivity contribution is -0.161. The van der Waals surface area contributed by atoms with E-state index >= 15 is 0 Å². The normalized spacial score (nSPS) is 37.5. The maximum atomic E-state index is 13.6. The molecule has 2 heterocycles. The summed E-state index contributed by atoms with van der Waals surface area (Å²) in [5.41, 5.74) is 2.55. The van der Waals surface area contributed by atoms with Crippen LogP contribution < -0.4 is 5.48 Å². The Balaban J connectivity index is 1.42. The molecule has 0 spiro atoms. The molecule has 1 aliphatic heterocycles. The van der Waals surface area contributed by atoms with Gasteiger partial charge in [-0.15, -0.1) is 0 Å². The number of carbonyl (C=O) groups excluding carboxylic acids is 2. The van der Waals surface area contributed by atoms with Crippen LogP contribution in [0.2, 0.25) is 0 Å². The second-order valence-electron chi connectivity index (χ2n) is 8.99. The van der Waals surface area contributed by atoms with Gasteiger partial charge in [0.2, 0.25) is 5.91 Å². The highest BCUT2D eigenvalue weighted by Crippen LogP contribution is 2.61. The van der Waals surface area contributed by atoms with Gasteiger partial charge in [0.15, 0.2) is 5.69 Å². The van der Waals surface area contributed by atoms with Crippen molar-refractivity contribution in [2.24, 2.45) is 23.2 Å². The van der Waals surface area contributed by atoms with Crippen LogP contribution in [0.5, 0.6) is 0 Å². The molecule has 7 nitrogen and oxygen atoms in total. The van der Waals surface area contributed by atoms with Crippen molar-refractivity contribution in [3.8, 4) is 0 Å². The van der Waals surface area contributed by atoms with Gasteiger partial charge in [0.25, 0.3) is 5.91 Å². The number of carbonyl (C=O) groups is 2. The predicted octanol–water partition coefficient (Wildman–Crippen LogP) is 2.12. The summed E-state index contributed by atoms with van der Waals surface area (Å²) in [6.07, 6.45) is 7.19. The lowest BCUT2D eigenvalue weighted by Crippen LogP contribution is -2.56. The number of fused-ring (bicyclic) bond motifs is 1. The second kappa shape index (κ2) is 5.55. The summed E-state index contributed by atoms with van der Waals surface area (Å²) in [6, 6.07) is 1.59. The van der Waals surface area contributed by atoms with Crippen LogP contribution in [-0.4, -0.2) is 38.2 Å². The van der Waals surface area contributed by atoms with Crippen LogP contribution in [-0.2, 0) is 11.3 Å². The van der Waals surface area contributed by atoms with Crippen molar-refractivity contribution >= 4 is 11.8 Å². The summed E-state index contributed by atoms with van der Waals surface area (Å²) in [7, 11) is 0. The molecule has 4 saturated carbocycles. The van der Waals surface area contributed by atoms with E-state index in [2.05, 4.69) is 5.10 Å². The number of amides is 2. The van der Waals surface area contributed by atoms with Gasteiger partial charge < -0.3 is 4.90 Å². The molecule has 1 unspecified atom stereocenters. The van der Waals surface area contributed by atoms with E-state index in [9.17, 15) is 9.59 Å². The minimum absolute atomic E-state index is 0.100. The highest BCUT2D eigenvalue weighted by molar-refractivity contribution is 5.91. The Bertz CT molecular complexity index is 736. The van der Waals surface area contributed by atoms with Crippen molar-refractivity contribution in [3.05, 3.63) is 17.5 Å². The summed E-state index contributed by atoms with van der Waals surface area (Å²) in [4.78, 5) is 27.3. The molecule has 4 aliphatic carbocycles. The van der Waals surface area contributed by atoms with Crippen molar-refractivity contribution < 1.29 is 14.8 Å². The van der Waals surface area contributed by atoms with Gasteiger partial charge in [-0.1, -0.05) is 0 Å². The van der Waals surface area contributed by atoms with E-state index < -0.39 is 5.91 Å². The lowest BCUT2D eigenvalue weighted by atomic mass is 9.49. The molecule has 1 aromatic rings. The zero-order chi connectivity index (χ0) is 18.1. The van der Waals surface area contributed by atoms with E-state index in [1.54, 1.807) is 16.2 Å². The van der Waals surface area contributed by atoms with Crippen LogP contribution in [0.25, 0.3) is 0 Å². The highest BCUT2D eigenvalue weighted by Gasteiger charge is 2.56. The zero-order valence-electron chi connectivity index (χ0n) is 15.1. The van der Waals surface area contributed by atoms with Crippen molar-refractivity contribution in [3.63, 3.8) is 0 Å². The first-order valence-corrected chi connectivity index (χ1v) is 9.82. The molecule has 7 heteroatoms. The van der Waals surface area contributed by atoms with Gasteiger partial charge in [-0.25, -0.2) is 5.48 Å². The predicted molar refractivity (Wildman–Crippen MR) is 92.2 cm³/mol. The van der Waals surface area contributed by atoms with E-state index in [-0.39, 0.29) is 17.2 Å². The molecule has 5 aliphatic rings. The average Bonchev–Trinajstić information content (AvgIpc) is 3.05. The summed E-state index contributed by atoms with van der Waals surface area (Å²) < 4.78 is 1.79. The molecule has 2 amide bonds. The second-order valence-corrected chi connectivity index (χ2v) is 8.99. The van der Waals surface area contributed by atoms with E-state index in [0.717, 1.165) is 42.7 Å². The third-order valence-corrected chi connectivity index (χ3v) is 7.35. The molecule has 0 aromatic carbocycles. The molecular formula is C19H26N4O3. The molecule has 4 fully saturated rings. The van der Waals surface area contributed by atoms with Gasteiger partial charge in [0, 0.05) is 6.54 Å². The summed E-state index contributed by atoms with van der Waals surface area (Å²) in [5.74, 6) is 1.95. The first-order chi connectivity index (χ1) is 12.5. The van der Waals surface area contributed by atoms with Crippen LogP contribution in [0.3, 0.4) is 0 Å². The molecule has 140 valence electrons. The fourth-order valence-corrected chi connectivity index (χ4v) is 6.63. The molecule has 2 N–H and O–H groups in total. The van der Waals surface area contributed by atoms with E-state index in [1.165, 1.54) is 19.3 Å². The van der Waals surface area contributed by atoms with Gasteiger partial charge in [-0.2, -0.15) is 5.10 Å². The zero-order valence-corrected chi connectivity index (χ0v) is 15.1. The first kappa shape index (κ1) is 16.3. The van der Waals surface area contributed by atoms with Crippen LogP contribution in [0, 0.1) is 23.2 Å². The van der Waals surface area contributed by atoms with E-state index in [0.29, 0.717) is 19.0 Å². The Morgan fingerprint density at radius 1 is 1.15 bits per heavy atom. The van der Waals surface area contributed by atoms with Crippen LogP contribution in [0.4, 0.5) is 0 Å². The molecule has 0 saturated heterocycles. The van der Waals surface area contributed by atoms with Crippen molar-refractivity contribution in [1.29, 1.82) is 0 Å².